The third-order valence-electron chi connectivity index (χ3n) is 5.00. The third kappa shape index (κ3) is 5.69. The summed E-state index contributed by atoms with van der Waals surface area (Å²) < 4.78 is 71.9. The molecule has 0 bridgehead atoms. The molecule has 3 rings (SSSR count). The summed E-state index contributed by atoms with van der Waals surface area (Å²) in [4.78, 5) is 13.7. The summed E-state index contributed by atoms with van der Waals surface area (Å²) in [5.74, 6) is -1.47. The van der Waals surface area contributed by atoms with Gasteiger partial charge < -0.3 is 9.64 Å². The number of sulfonamides is 1. The number of anilines is 1. The highest BCUT2D eigenvalue weighted by Gasteiger charge is 2.42. The molecule has 0 saturated carbocycles. The average Bonchev–Trinajstić information content (AvgIpc) is 2.74. The number of likely N-dealkylation sites (tertiary alicyclic amines) is 1. The lowest BCUT2D eigenvalue weighted by molar-refractivity contribution is -0.184. The Morgan fingerprint density at radius 1 is 1.13 bits per heavy atom. The number of carbonyl (C=O) groups excluding carboxylic acids is 1. The Morgan fingerprint density at radius 2 is 1.77 bits per heavy atom. The number of rotatable bonds is 6. The zero-order valence-electron chi connectivity index (χ0n) is 16.9. The van der Waals surface area contributed by atoms with Crippen molar-refractivity contribution in [3.05, 3.63) is 54.1 Å². The molecule has 10 heteroatoms. The number of ether oxygens (including phenoxy) is 1. The van der Waals surface area contributed by atoms with Crippen LogP contribution in [-0.2, 0) is 10.0 Å². The number of halogens is 3. The van der Waals surface area contributed by atoms with E-state index >= 15 is 0 Å². The first-order valence-electron chi connectivity index (χ1n) is 9.82. The van der Waals surface area contributed by atoms with Crippen LogP contribution in [0.5, 0.6) is 5.75 Å². The predicted molar refractivity (Wildman–Crippen MR) is 110 cm³/mol. The molecule has 0 aromatic heterocycles. The van der Waals surface area contributed by atoms with E-state index in [1.54, 1.807) is 24.3 Å². The van der Waals surface area contributed by atoms with Crippen molar-refractivity contribution in [1.82, 2.24) is 4.90 Å². The summed E-state index contributed by atoms with van der Waals surface area (Å²) in [5.41, 5.74) is 0.484. The number of hydrogen-bond acceptors (Lipinski definition) is 4. The van der Waals surface area contributed by atoms with E-state index in [1.807, 2.05) is 6.92 Å². The van der Waals surface area contributed by atoms with Gasteiger partial charge in [-0.2, -0.15) is 13.2 Å². The van der Waals surface area contributed by atoms with E-state index in [1.165, 1.54) is 29.2 Å². The molecule has 1 N–H and O–H groups in total. The Morgan fingerprint density at radius 3 is 2.35 bits per heavy atom. The Hall–Kier alpha value is -2.75. The van der Waals surface area contributed by atoms with Crippen LogP contribution in [0.15, 0.2) is 53.4 Å². The van der Waals surface area contributed by atoms with Crippen molar-refractivity contribution in [2.75, 3.05) is 24.4 Å². The summed E-state index contributed by atoms with van der Waals surface area (Å²) in [6, 6.07) is 11.5. The maximum Gasteiger partial charge on any atom is 0.393 e. The molecule has 0 aliphatic carbocycles. The summed E-state index contributed by atoms with van der Waals surface area (Å²) in [7, 11) is -3.90. The van der Waals surface area contributed by atoms with Crippen molar-refractivity contribution in [2.24, 2.45) is 5.92 Å². The van der Waals surface area contributed by atoms with Gasteiger partial charge in [0.15, 0.2) is 0 Å². The normalized spacial score (nSPS) is 17.3. The fourth-order valence-electron chi connectivity index (χ4n) is 3.39. The fraction of sp³-hybridized carbons (Fsp3) is 0.381. The highest BCUT2D eigenvalue weighted by molar-refractivity contribution is 7.92. The SMILES string of the molecule is CCOc1ccc(NS(=O)(=O)c2ccc(C(=O)N3CCC[C@@H](C(F)(F)F)C3)cc2)cc1. The van der Waals surface area contributed by atoms with Crippen LogP contribution in [-0.4, -0.2) is 45.1 Å². The van der Waals surface area contributed by atoms with Gasteiger partial charge in [-0.1, -0.05) is 0 Å². The predicted octanol–water partition coefficient (Wildman–Crippen LogP) is 4.30. The third-order valence-corrected chi connectivity index (χ3v) is 6.40. The van der Waals surface area contributed by atoms with Crippen LogP contribution in [0.2, 0.25) is 0 Å². The van der Waals surface area contributed by atoms with Crippen LogP contribution in [0.1, 0.15) is 30.1 Å². The van der Waals surface area contributed by atoms with Gasteiger partial charge in [-0.05, 0) is 68.3 Å². The molecule has 1 amide bonds. The molecule has 1 heterocycles. The molecule has 2 aromatic rings. The van der Waals surface area contributed by atoms with Crippen molar-refractivity contribution in [3.8, 4) is 5.75 Å². The molecular formula is C21H23F3N2O4S. The van der Waals surface area contributed by atoms with Crippen LogP contribution in [0.4, 0.5) is 18.9 Å². The molecule has 0 spiro atoms. The van der Waals surface area contributed by atoms with Gasteiger partial charge in [-0.3, -0.25) is 9.52 Å². The smallest absolute Gasteiger partial charge is 0.393 e. The van der Waals surface area contributed by atoms with Gasteiger partial charge in [0.2, 0.25) is 0 Å². The highest BCUT2D eigenvalue weighted by Crippen LogP contribution is 2.33. The molecule has 168 valence electrons. The zero-order valence-corrected chi connectivity index (χ0v) is 17.7. The van der Waals surface area contributed by atoms with Crippen LogP contribution in [0.25, 0.3) is 0 Å². The first-order valence-corrected chi connectivity index (χ1v) is 11.3. The molecule has 31 heavy (non-hydrogen) atoms. The van der Waals surface area contributed by atoms with Crippen molar-refractivity contribution in [3.63, 3.8) is 0 Å². The molecule has 1 atom stereocenters. The van der Waals surface area contributed by atoms with Crippen molar-refractivity contribution >= 4 is 21.6 Å². The van der Waals surface area contributed by atoms with E-state index in [0.29, 0.717) is 18.0 Å². The summed E-state index contributed by atoms with van der Waals surface area (Å²) in [6.45, 7) is 2.18. The van der Waals surface area contributed by atoms with Crippen molar-refractivity contribution in [2.45, 2.75) is 30.8 Å². The Balaban J connectivity index is 1.69. The summed E-state index contributed by atoms with van der Waals surface area (Å²) in [6.07, 6.45) is -4.07. The van der Waals surface area contributed by atoms with E-state index in [9.17, 15) is 26.4 Å². The minimum absolute atomic E-state index is 0.00167. The number of nitrogens with zero attached hydrogens (tertiary/aromatic N) is 1. The molecule has 0 radical (unpaired) electrons. The van der Waals surface area contributed by atoms with Crippen LogP contribution in [0, 0.1) is 5.92 Å². The highest BCUT2D eigenvalue weighted by atomic mass is 32.2. The van der Waals surface area contributed by atoms with Gasteiger partial charge in [0.25, 0.3) is 15.9 Å². The topological polar surface area (TPSA) is 75.7 Å². The Labute approximate surface area is 179 Å². The zero-order chi connectivity index (χ0) is 22.6. The number of amides is 1. The van der Waals surface area contributed by atoms with Crippen LogP contribution >= 0.6 is 0 Å². The average molecular weight is 456 g/mol. The van der Waals surface area contributed by atoms with Crippen LogP contribution < -0.4 is 9.46 Å². The molecule has 1 fully saturated rings. The molecule has 1 saturated heterocycles. The van der Waals surface area contributed by atoms with E-state index in [0.717, 1.165) is 0 Å². The van der Waals surface area contributed by atoms with Gasteiger partial charge in [0.05, 0.1) is 17.4 Å². The van der Waals surface area contributed by atoms with Gasteiger partial charge in [0.1, 0.15) is 5.75 Å². The van der Waals surface area contributed by atoms with Crippen molar-refractivity contribution in [1.29, 1.82) is 0 Å². The fourth-order valence-corrected chi connectivity index (χ4v) is 4.45. The summed E-state index contributed by atoms with van der Waals surface area (Å²) >= 11 is 0. The second-order valence-electron chi connectivity index (χ2n) is 7.22. The molecule has 6 nitrogen and oxygen atoms in total. The number of carbonyl (C=O) groups is 1. The monoisotopic (exact) mass is 456 g/mol. The van der Waals surface area contributed by atoms with Gasteiger partial charge >= 0.3 is 6.18 Å². The number of hydrogen-bond donors (Lipinski definition) is 1. The van der Waals surface area contributed by atoms with Crippen molar-refractivity contribution < 1.29 is 31.1 Å². The standard InChI is InChI=1S/C21H23F3N2O4S/c1-2-30-18-9-7-17(8-10-18)25-31(28,29)19-11-5-15(6-12-19)20(27)26-13-3-4-16(14-26)21(22,23)24/h5-12,16,25H,2-4,13-14H2,1H3/t16-/m1/s1. The van der Waals surface area contributed by atoms with Gasteiger partial charge in [-0.15, -0.1) is 0 Å². The van der Waals surface area contributed by atoms with E-state index in [4.69, 9.17) is 4.74 Å². The summed E-state index contributed by atoms with van der Waals surface area (Å²) in [5, 5.41) is 0. The van der Waals surface area contributed by atoms with E-state index in [2.05, 4.69) is 4.72 Å². The maximum atomic E-state index is 13.0. The quantitative estimate of drug-likeness (QED) is 0.703. The molecule has 2 aromatic carbocycles. The largest absolute Gasteiger partial charge is 0.494 e. The molecule has 0 unspecified atom stereocenters. The second-order valence-corrected chi connectivity index (χ2v) is 8.90. The minimum atomic E-state index is -4.34. The van der Waals surface area contributed by atoms with E-state index in [-0.39, 0.29) is 36.4 Å². The first-order chi connectivity index (χ1) is 14.6. The van der Waals surface area contributed by atoms with Gasteiger partial charge in [-0.25, -0.2) is 8.42 Å². The Bertz CT molecular complexity index is 1010. The lowest BCUT2D eigenvalue weighted by Gasteiger charge is -2.33. The molecule has 1 aliphatic rings. The van der Waals surface area contributed by atoms with Crippen LogP contribution in [0.3, 0.4) is 0 Å². The lowest BCUT2D eigenvalue weighted by atomic mass is 9.97. The molecular weight excluding hydrogens is 433 g/mol. The molecule has 1 aliphatic heterocycles. The number of alkyl halides is 3. The maximum absolute atomic E-state index is 13.0. The van der Waals surface area contributed by atoms with E-state index < -0.39 is 28.0 Å². The second kappa shape index (κ2) is 9.17. The number of nitrogens with one attached hydrogen (secondary N) is 1. The lowest BCUT2D eigenvalue weighted by Crippen LogP contribution is -2.44. The Kier molecular flexibility index (Phi) is 6.78. The minimum Gasteiger partial charge on any atom is -0.494 e. The number of benzene rings is 2. The number of piperidine rings is 1. The van der Waals surface area contributed by atoms with Gasteiger partial charge in [0, 0.05) is 24.3 Å². The first kappa shape index (κ1) is 22.9.